The van der Waals surface area contributed by atoms with Gasteiger partial charge in [0.25, 0.3) is 0 Å². The number of aromatic nitrogens is 3. The summed E-state index contributed by atoms with van der Waals surface area (Å²) < 4.78 is 5.85. The Labute approximate surface area is 175 Å². The summed E-state index contributed by atoms with van der Waals surface area (Å²) in [4.78, 5) is 12.7. The first-order valence-corrected chi connectivity index (χ1v) is 9.49. The topological polar surface area (TPSA) is 86.0 Å². The Morgan fingerprint density at radius 2 is 1.67 bits per heavy atom. The van der Waals surface area contributed by atoms with Gasteiger partial charge in [-0.15, -0.1) is 0 Å². The summed E-state index contributed by atoms with van der Waals surface area (Å²) in [6.45, 7) is 1.93. The van der Waals surface area contributed by atoms with Gasteiger partial charge in [0.1, 0.15) is 17.3 Å². The Hall–Kier alpha value is -4.19. The van der Waals surface area contributed by atoms with E-state index in [0.717, 1.165) is 34.1 Å². The van der Waals surface area contributed by atoms with Gasteiger partial charge in [-0.25, -0.2) is 4.98 Å². The van der Waals surface area contributed by atoms with Crippen molar-refractivity contribution in [2.75, 3.05) is 11.1 Å². The van der Waals surface area contributed by atoms with Gasteiger partial charge in [-0.1, -0.05) is 36.4 Å². The molecule has 0 aliphatic carbocycles. The number of nitrogens with zero attached hydrogens (tertiary/aromatic N) is 3. The van der Waals surface area contributed by atoms with E-state index < -0.39 is 0 Å². The van der Waals surface area contributed by atoms with Crippen LogP contribution in [-0.2, 0) is 0 Å². The zero-order chi connectivity index (χ0) is 20.8. The van der Waals surface area contributed by atoms with E-state index in [-0.39, 0.29) is 5.95 Å². The fourth-order valence-corrected chi connectivity index (χ4v) is 2.85. The molecule has 2 aromatic heterocycles. The molecular weight excluding hydrogens is 374 g/mol. The lowest BCUT2D eigenvalue weighted by Gasteiger charge is -2.09. The molecule has 3 N–H and O–H groups in total. The molecule has 30 heavy (non-hydrogen) atoms. The summed E-state index contributed by atoms with van der Waals surface area (Å²) in [6, 6.07) is 23.2. The zero-order valence-electron chi connectivity index (χ0n) is 16.5. The molecule has 0 spiro atoms. The Kier molecular flexibility index (Phi) is 5.66. The molecule has 4 rings (SSSR count). The Morgan fingerprint density at radius 1 is 0.867 bits per heavy atom. The third kappa shape index (κ3) is 5.20. The van der Waals surface area contributed by atoms with E-state index in [1.165, 1.54) is 0 Å². The van der Waals surface area contributed by atoms with E-state index in [9.17, 15) is 0 Å². The summed E-state index contributed by atoms with van der Waals surface area (Å²) in [5.41, 5.74) is 9.47. The van der Waals surface area contributed by atoms with Crippen molar-refractivity contribution >= 4 is 29.6 Å². The van der Waals surface area contributed by atoms with Crippen LogP contribution in [0.1, 0.15) is 17.0 Å². The maximum Gasteiger partial charge on any atom is 0.222 e. The molecule has 2 heterocycles. The molecule has 0 fully saturated rings. The lowest BCUT2D eigenvalue weighted by Crippen LogP contribution is -2.01. The van der Waals surface area contributed by atoms with Gasteiger partial charge in [-0.3, -0.25) is 4.98 Å². The molecule has 0 radical (unpaired) electrons. The van der Waals surface area contributed by atoms with Gasteiger partial charge in [0.05, 0.1) is 5.69 Å². The molecule has 0 aliphatic heterocycles. The maximum atomic E-state index is 5.88. The first kappa shape index (κ1) is 19.1. The second-order valence-corrected chi connectivity index (χ2v) is 6.66. The van der Waals surface area contributed by atoms with Crippen LogP contribution < -0.4 is 15.8 Å². The van der Waals surface area contributed by atoms with E-state index in [1.54, 1.807) is 6.20 Å². The summed E-state index contributed by atoms with van der Waals surface area (Å²) >= 11 is 0. The molecule has 4 aromatic rings. The van der Waals surface area contributed by atoms with Crippen molar-refractivity contribution in [3.8, 4) is 11.5 Å². The standard InChI is InChI=1S/C24H21N5O/c1-17-15-22(13-14-26-17)30-21-11-9-19(10-12-21)27-23-16-20(28-24(25)29-23)8-7-18-5-3-2-4-6-18/h2-16H,1H3,(H3,25,27,28,29). The first-order chi connectivity index (χ1) is 14.6. The first-order valence-electron chi connectivity index (χ1n) is 9.49. The van der Waals surface area contributed by atoms with E-state index in [4.69, 9.17) is 10.5 Å². The van der Waals surface area contributed by atoms with Gasteiger partial charge in [0.2, 0.25) is 5.95 Å². The quantitative estimate of drug-likeness (QED) is 0.450. The molecule has 0 atom stereocenters. The summed E-state index contributed by atoms with van der Waals surface area (Å²) in [5, 5.41) is 3.25. The number of benzene rings is 2. The minimum absolute atomic E-state index is 0.209. The van der Waals surface area contributed by atoms with Crippen LogP contribution in [0.25, 0.3) is 12.2 Å². The van der Waals surface area contributed by atoms with Gasteiger partial charge in [-0.2, -0.15) is 4.98 Å². The van der Waals surface area contributed by atoms with Crippen LogP contribution in [0.3, 0.4) is 0 Å². The molecule has 6 heteroatoms. The van der Waals surface area contributed by atoms with E-state index in [2.05, 4.69) is 20.3 Å². The fourth-order valence-electron chi connectivity index (χ4n) is 2.85. The SMILES string of the molecule is Cc1cc(Oc2ccc(Nc3cc(C=Cc4ccccc4)nc(N)n3)cc2)ccn1. The van der Waals surface area contributed by atoms with Crippen LogP contribution in [0.5, 0.6) is 11.5 Å². The minimum Gasteiger partial charge on any atom is -0.457 e. The monoisotopic (exact) mass is 395 g/mol. The zero-order valence-corrected chi connectivity index (χ0v) is 16.5. The second kappa shape index (κ2) is 8.87. The summed E-state index contributed by atoms with van der Waals surface area (Å²) in [5.74, 6) is 2.32. The van der Waals surface area contributed by atoms with Gasteiger partial charge < -0.3 is 15.8 Å². The Balaban J connectivity index is 1.46. The molecule has 0 saturated heterocycles. The average Bonchev–Trinajstić information content (AvgIpc) is 2.74. The van der Waals surface area contributed by atoms with Crippen LogP contribution in [0.4, 0.5) is 17.5 Å². The van der Waals surface area contributed by atoms with Crippen molar-refractivity contribution in [3.05, 3.63) is 95.9 Å². The minimum atomic E-state index is 0.209. The molecule has 6 nitrogen and oxygen atoms in total. The molecule has 0 unspecified atom stereocenters. The molecule has 0 saturated carbocycles. The number of nitrogens with one attached hydrogen (secondary N) is 1. The molecule has 0 bridgehead atoms. The van der Waals surface area contributed by atoms with Crippen LogP contribution in [0, 0.1) is 6.92 Å². The second-order valence-electron chi connectivity index (χ2n) is 6.66. The molecule has 0 amide bonds. The number of anilines is 3. The van der Waals surface area contributed by atoms with Gasteiger partial charge in [0.15, 0.2) is 0 Å². The number of ether oxygens (including phenoxy) is 1. The predicted molar refractivity (Wildman–Crippen MR) is 121 cm³/mol. The van der Waals surface area contributed by atoms with Gasteiger partial charge in [-0.05, 0) is 48.9 Å². The van der Waals surface area contributed by atoms with E-state index in [1.807, 2.05) is 91.9 Å². The lowest BCUT2D eigenvalue weighted by atomic mass is 10.2. The third-order valence-corrected chi connectivity index (χ3v) is 4.24. The van der Waals surface area contributed by atoms with Crippen LogP contribution in [-0.4, -0.2) is 15.0 Å². The molecule has 2 aromatic carbocycles. The largest absolute Gasteiger partial charge is 0.457 e. The van der Waals surface area contributed by atoms with Crippen LogP contribution in [0.2, 0.25) is 0 Å². The van der Waals surface area contributed by atoms with Gasteiger partial charge >= 0.3 is 0 Å². The summed E-state index contributed by atoms with van der Waals surface area (Å²) in [6.07, 6.45) is 5.62. The van der Waals surface area contributed by atoms with E-state index in [0.29, 0.717) is 5.82 Å². The highest BCUT2D eigenvalue weighted by atomic mass is 16.5. The molecule has 148 valence electrons. The Morgan fingerprint density at radius 3 is 2.43 bits per heavy atom. The number of nitrogen functional groups attached to an aromatic ring is 1. The van der Waals surface area contributed by atoms with Crippen molar-refractivity contribution in [2.45, 2.75) is 6.92 Å². The molecular formula is C24H21N5O. The van der Waals surface area contributed by atoms with Crippen molar-refractivity contribution in [3.63, 3.8) is 0 Å². The van der Waals surface area contributed by atoms with Crippen molar-refractivity contribution in [2.24, 2.45) is 0 Å². The Bertz CT molecular complexity index is 1160. The number of hydrogen-bond acceptors (Lipinski definition) is 6. The van der Waals surface area contributed by atoms with Crippen molar-refractivity contribution in [1.82, 2.24) is 15.0 Å². The van der Waals surface area contributed by atoms with Crippen molar-refractivity contribution in [1.29, 1.82) is 0 Å². The number of pyridine rings is 1. The third-order valence-electron chi connectivity index (χ3n) is 4.24. The van der Waals surface area contributed by atoms with Crippen LogP contribution in [0.15, 0.2) is 79.0 Å². The molecule has 0 aliphatic rings. The normalized spacial score (nSPS) is 10.8. The summed E-state index contributed by atoms with van der Waals surface area (Å²) in [7, 11) is 0. The lowest BCUT2D eigenvalue weighted by molar-refractivity contribution is 0.481. The van der Waals surface area contributed by atoms with E-state index >= 15 is 0 Å². The van der Waals surface area contributed by atoms with Crippen LogP contribution >= 0.6 is 0 Å². The highest BCUT2D eigenvalue weighted by Crippen LogP contribution is 2.24. The highest BCUT2D eigenvalue weighted by molar-refractivity contribution is 5.70. The number of hydrogen-bond donors (Lipinski definition) is 2. The predicted octanol–water partition coefficient (Wildman–Crippen LogP) is 5.47. The smallest absolute Gasteiger partial charge is 0.222 e. The number of rotatable bonds is 6. The van der Waals surface area contributed by atoms with Crippen molar-refractivity contribution < 1.29 is 4.74 Å². The van der Waals surface area contributed by atoms with Gasteiger partial charge in [0, 0.05) is 29.7 Å². The number of aryl methyl sites for hydroxylation is 1. The highest BCUT2D eigenvalue weighted by Gasteiger charge is 2.03. The fraction of sp³-hybridized carbons (Fsp3) is 0.0417. The number of nitrogens with two attached hydrogens (primary N) is 1. The average molecular weight is 395 g/mol. The maximum absolute atomic E-state index is 5.88.